The molecule has 0 aromatic heterocycles. The third-order valence-electron chi connectivity index (χ3n) is 18.1. The topological polar surface area (TPSA) is 60.5 Å². The predicted molar refractivity (Wildman–Crippen MR) is 293 cm³/mol. The summed E-state index contributed by atoms with van der Waals surface area (Å²) in [5.41, 5.74) is 15.8. The highest BCUT2D eigenvalue weighted by Gasteiger charge is 2.47. The van der Waals surface area contributed by atoms with Crippen LogP contribution in [0.3, 0.4) is 0 Å². The quantitative estimate of drug-likeness (QED) is 0.0860. The van der Waals surface area contributed by atoms with Gasteiger partial charge in [0.2, 0.25) is 0 Å². The van der Waals surface area contributed by atoms with Crippen molar-refractivity contribution >= 4 is 33.9 Å². The lowest BCUT2D eigenvalue weighted by atomic mass is 9.69. The molecule has 0 amide bonds. The fourth-order valence-electron chi connectivity index (χ4n) is 15.2. The molecular formula is C66H60F4N6+2. The number of nitriles is 2. The van der Waals surface area contributed by atoms with Gasteiger partial charge in [-0.1, -0.05) is 0 Å². The minimum Gasteiger partial charge on any atom is -0.370 e. The highest BCUT2D eigenvalue weighted by Crippen LogP contribution is 2.55. The molecular weight excluding hydrogens is 953 g/mol. The number of allylic oxidation sites excluding steroid dienone is 2. The molecule has 0 saturated heterocycles. The smallest absolute Gasteiger partial charge is 0.164 e. The molecule has 0 radical (unpaired) electrons. The number of hydrogen-bond donors (Lipinski definition) is 0. The van der Waals surface area contributed by atoms with Crippen LogP contribution in [0.1, 0.15) is 140 Å². The molecule has 6 nitrogen and oxygen atoms in total. The van der Waals surface area contributed by atoms with E-state index in [9.17, 15) is 10.5 Å². The molecule has 0 unspecified atom stereocenters. The number of rotatable bonds is 8. The van der Waals surface area contributed by atoms with Crippen LogP contribution in [-0.2, 0) is 51.4 Å². The van der Waals surface area contributed by atoms with E-state index in [1.54, 1.807) is 0 Å². The monoisotopic (exact) mass is 1010 g/mol. The summed E-state index contributed by atoms with van der Waals surface area (Å²) in [5, 5.41) is 20.5. The first-order chi connectivity index (χ1) is 37.2. The lowest BCUT2D eigenvalue weighted by Crippen LogP contribution is -2.35. The maximum atomic E-state index is 18.2. The number of anilines is 4. The molecule has 0 N–H and O–H groups in total. The number of hydrogen-bond acceptors (Lipinski definition) is 6. The van der Waals surface area contributed by atoms with E-state index in [1.807, 2.05) is 12.1 Å². The molecule has 0 bridgehead atoms. The molecule has 76 heavy (non-hydrogen) atoms. The fourth-order valence-corrected chi connectivity index (χ4v) is 15.2. The summed E-state index contributed by atoms with van der Waals surface area (Å²) >= 11 is 0. The third-order valence-corrected chi connectivity index (χ3v) is 18.1. The van der Waals surface area contributed by atoms with Crippen molar-refractivity contribution in [1.82, 2.24) is 0 Å². The molecule has 0 aliphatic carbocycles. The van der Waals surface area contributed by atoms with Crippen molar-refractivity contribution in [3.8, 4) is 12.1 Å². The Balaban J connectivity index is 1.18. The van der Waals surface area contributed by atoms with E-state index in [-0.39, 0.29) is 22.3 Å². The molecule has 8 aliphatic heterocycles. The van der Waals surface area contributed by atoms with Gasteiger partial charge in [0.15, 0.2) is 23.3 Å². The molecule has 380 valence electrons. The summed E-state index contributed by atoms with van der Waals surface area (Å²) in [6.07, 6.45) is 14.1. The molecule has 8 heterocycles. The Morgan fingerprint density at radius 3 is 0.711 bits per heavy atom. The van der Waals surface area contributed by atoms with E-state index < -0.39 is 34.4 Å². The second-order valence-electron chi connectivity index (χ2n) is 22.7. The third kappa shape index (κ3) is 7.75. The molecule has 0 saturated carbocycles. The van der Waals surface area contributed by atoms with Crippen LogP contribution < -0.4 is 19.6 Å². The first-order valence-corrected chi connectivity index (χ1v) is 28.1. The Morgan fingerprint density at radius 2 is 0.526 bits per heavy atom. The van der Waals surface area contributed by atoms with Crippen molar-refractivity contribution in [3.63, 3.8) is 0 Å². The van der Waals surface area contributed by atoms with Crippen molar-refractivity contribution in [2.75, 3.05) is 72.0 Å². The Hall–Kier alpha value is -7.30. The van der Waals surface area contributed by atoms with Crippen molar-refractivity contribution < 1.29 is 17.6 Å². The van der Waals surface area contributed by atoms with Crippen LogP contribution in [0, 0.1) is 57.8 Å². The second-order valence-corrected chi connectivity index (χ2v) is 22.7. The van der Waals surface area contributed by atoms with Crippen molar-refractivity contribution in [2.24, 2.45) is 0 Å². The first-order valence-electron chi connectivity index (χ1n) is 28.1. The summed E-state index contributed by atoms with van der Waals surface area (Å²) in [5.74, 6) is -3.04. The van der Waals surface area contributed by atoms with Crippen molar-refractivity contribution in [1.29, 1.82) is 10.5 Å². The molecule has 0 atom stereocenters. The van der Waals surface area contributed by atoms with Gasteiger partial charge >= 0.3 is 0 Å². The van der Waals surface area contributed by atoms with Crippen molar-refractivity contribution in [3.05, 3.63) is 197 Å². The summed E-state index contributed by atoms with van der Waals surface area (Å²) in [4.78, 5) is 9.89. The molecule has 14 rings (SSSR count). The molecule has 6 aromatic carbocycles. The van der Waals surface area contributed by atoms with Gasteiger partial charge in [0, 0.05) is 96.9 Å². The van der Waals surface area contributed by atoms with Gasteiger partial charge in [-0.2, -0.15) is 28.1 Å². The normalized spacial score (nSPS) is 18.1. The zero-order chi connectivity index (χ0) is 51.3. The average Bonchev–Trinajstić information content (AvgIpc) is 3.43. The number of benzene rings is 6. The highest BCUT2D eigenvalue weighted by atomic mass is 19.1. The number of nitrogens with zero attached hydrogens (tertiary/aromatic N) is 6. The standard InChI is InChI=1S/C66H60F4N6/c67-53-25-39(37-71)26-54(68)59(53)61(57(49-29-41-9-1-17-73-18-2-10-42(30-49)63(41)73)50-31-43-11-3-19-74-20-4-12-44(32-50)64(43)74)62(60-55(69)27-40(38-72)28-56(60)70)58(51-33-45-13-5-21-75-22-6-14-46(34-51)65(45)75)52-35-47-15-7-23-76-24-8-16-48(36-52)66(47)76/h25-36H,1-24H2/q+2/b62-61+. The summed E-state index contributed by atoms with van der Waals surface area (Å²) in [6, 6.07) is 25.8. The number of halogens is 4. The van der Waals surface area contributed by atoms with Crippen LogP contribution in [0.2, 0.25) is 0 Å². The van der Waals surface area contributed by atoms with Gasteiger partial charge in [-0.3, -0.25) is 0 Å². The SMILES string of the molecule is N#Cc1cc(F)c(/C(=C(/c2c(F)cc(C#N)cc2F)[C+](c2cc3c4c(c2)CCCN4CCC3)c2cc3c4c(c2)CCCN4CCC3)[C+](c2cc3c4c(c2)CCCN4CCC3)c2cc3c4c(c2)CCCN4CCC3)c(F)c1. The fraction of sp³-hybridized carbons (Fsp3) is 0.364. The number of aryl methyl sites for hydroxylation is 8. The van der Waals surface area contributed by atoms with E-state index in [0.717, 1.165) is 246 Å². The summed E-state index contributed by atoms with van der Waals surface area (Å²) < 4.78 is 73.0. The Morgan fingerprint density at radius 1 is 0.329 bits per heavy atom. The molecule has 0 fully saturated rings. The maximum Gasteiger partial charge on any atom is 0.164 e. The first kappa shape index (κ1) is 47.2. The predicted octanol–water partition coefficient (Wildman–Crippen LogP) is 13.0. The van der Waals surface area contributed by atoms with E-state index in [2.05, 4.69) is 68.1 Å². The Labute approximate surface area is 443 Å². The van der Waals surface area contributed by atoms with Crippen molar-refractivity contribution in [2.45, 2.75) is 103 Å². The van der Waals surface area contributed by atoms with Gasteiger partial charge in [-0.15, -0.1) is 0 Å². The van der Waals surface area contributed by atoms with Gasteiger partial charge in [0.25, 0.3) is 0 Å². The average molecular weight is 1010 g/mol. The van der Waals surface area contributed by atoms with Gasteiger partial charge in [-0.05, 0) is 176 Å². The molecule has 0 spiro atoms. The molecule has 8 aliphatic rings. The van der Waals surface area contributed by atoms with E-state index >= 15 is 17.6 Å². The van der Waals surface area contributed by atoms with Gasteiger partial charge in [0.05, 0.1) is 80.1 Å². The van der Waals surface area contributed by atoms with Crippen LogP contribution in [0.15, 0.2) is 72.8 Å². The largest absolute Gasteiger partial charge is 0.370 e. The van der Waals surface area contributed by atoms with Gasteiger partial charge in [0.1, 0.15) is 22.3 Å². The van der Waals surface area contributed by atoms with Crippen LogP contribution in [0.5, 0.6) is 0 Å². The van der Waals surface area contributed by atoms with Crippen LogP contribution in [0.25, 0.3) is 11.1 Å². The summed E-state index contributed by atoms with van der Waals surface area (Å²) in [6.45, 7) is 7.62. The molecule has 10 heteroatoms. The lowest BCUT2D eigenvalue weighted by molar-refractivity contribution is 0.572. The van der Waals surface area contributed by atoms with E-state index in [1.165, 1.54) is 22.7 Å². The van der Waals surface area contributed by atoms with Crippen LogP contribution in [0.4, 0.5) is 40.3 Å². The minimum atomic E-state index is -1.00. The maximum absolute atomic E-state index is 18.2. The zero-order valence-electron chi connectivity index (χ0n) is 43.1. The van der Waals surface area contributed by atoms with Crippen LogP contribution in [-0.4, -0.2) is 52.4 Å². The van der Waals surface area contributed by atoms with Crippen LogP contribution >= 0.6 is 0 Å². The van der Waals surface area contributed by atoms with Gasteiger partial charge in [-0.25, -0.2) is 0 Å². The summed E-state index contributed by atoms with van der Waals surface area (Å²) in [7, 11) is 0. The van der Waals surface area contributed by atoms with E-state index in [0.29, 0.717) is 11.8 Å². The second kappa shape index (κ2) is 18.8. The molecule has 6 aromatic rings. The lowest BCUT2D eigenvalue weighted by Gasteiger charge is -2.38. The zero-order valence-corrected chi connectivity index (χ0v) is 43.1. The van der Waals surface area contributed by atoms with Gasteiger partial charge < -0.3 is 19.6 Å². The van der Waals surface area contributed by atoms with E-state index in [4.69, 9.17) is 0 Å². The Bertz CT molecular complexity index is 2990. The minimum absolute atomic E-state index is 0.0178. The Kier molecular flexibility index (Phi) is 11.6. The highest BCUT2D eigenvalue weighted by molar-refractivity contribution is 6.09.